The minimum atomic E-state index is 0.0529. The Morgan fingerprint density at radius 1 is 1.43 bits per heavy atom. The van der Waals surface area contributed by atoms with Gasteiger partial charge in [-0.25, -0.2) is 0 Å². The van der Waals surface area contributed by atoms with Gasteiger partial charge in [0.05, 0.1) is 18.8 Å². The molecule has 14 heavy (non-hydrogen) atoms. The molecule has 0 saturated carbocycles. The van der Waals surface area contributed by atoms with Crippen LogP contribution in [0.2, 0.25) is 0 Å². The van der Waals surface area contributed by atoms with E-state index in [9.17, 15) is 0 Å². The van der Waals surface area contributed by atoms with E-state index in [-0.39, 0.29) is 5.60 Å². The number of morpholine rings is 1. The minimum Gasteiger partial charge on any atom is -0.379 e. The predicted octanol–water partition coefficient (Wildman–Crippen LogP) is -0.303. The van der Waals surface area contributed by atoms with Gasteiger partial charge in [-0.05, 0) is 13.0 Å². The van der Waals surface area contributed by atoms with Crippen molar-refractivity contribution in [2.45, 2.75) is 12.0 Å². The molecule has 0 bridgehead atoms. The number of ether oxygens (including phenoxy) is 2. The first-order valence-electron chi connectivity index (χ1n) is 5.41. The van der Waals surface area contributed by atoms with Crippen LogP contribution in [-0.4, -0.2) is 63.5 Å². The third-order valence-corrected chi connectivity index (χ3v) is 3.25. The molecule has 1 N–H and O–H groups in total. The van der Waals surface area contributed by atoms with Gasteiger partial charge in [-0.1, -0.05) is 0 Å². The lowest BCUT2D eigenvalue weighted by Gasteiger charge is -2.35. The Hall–Kier alpha value is -0.160. The topological polar surface area (TPSA) is 33.7 Å². The maximum atomic E-state index is 5.66. The van der Waals surface area contributed by atoms with Crippen LogP contribution < -0.4 is 5.32 Å². The summed E-state index contributed by atoms with van der Waals surface area (Å²) >= 11 is 0. The standard InChI is InChI=1S/C10H20N2O2/c1-13-10(2-3-11-8-10)9-12-4-6-14-7-5-12/h11H,2-9H2,1H3. The molecule has 82 valence electrons. The Morgan fingerprint density at radius 3 is 2.79 bits per heavy atom. The van der Waals surface area contributed by atoms with E-state index in [4.69, 9.17) is 9.47 Å². The summed E-state index contributed by atoms with van der Waals surface area (Å²) < 4.78 is 11.0. The van der Waals surface area contributed by atoms with E-state index in [1.807, 2.05) is 7.11 Å². The predicted molar refractivity (Wildman–Crippen MR) is 54.5 cm³/mol. The van der Waals surface area contributed by atoms with Crippen LogP contribution in [0.3, 0.4) is 0 Å². The molecule has 4 heteroatoms. The van der Waals surface area contributed by atoms with E-state index in [0.717, 1.165) is 52.4 Å². The second-order valence-electron chi connectivity index (χ2n) is 4.20. The smallest absolute Gasteiger partial charge is 0.0940 e. The molecule has 2 aliphatic rings. The lowest BCUT2D eigenvalue weighted by molar-refractivity contribution is -0.0459. The lowest BCUT2D eigenvalue weighted by Crippen LogP contribution is -2.49. The van der Waals surface area contributed by atoms with Crippen molar-refractivity contribution in [3.63, 3.8) is 0 Å². The molecular formula is C10H20N2O2. The largest absolute Gasteiger partial charge is 0.379 e. The number of nitrogens with one attached hydrogen (secondary N) is 1. The van der Waals surface area contributed by atoms with Gasteiger partial charge in [-0.2, -0.15) is 0 Å². The molecule has 1 atom stereocenters. The van der Waals surface area contributed by atoms with Gasteiger partial charge in [-0.3, -0.25) is 4.90 Å². The first-order chi connectivity index (χ1) is 6.85. The maximum absolute atomic E-state index is 5.66. The molecule has 2 heterocycles. The fourth-order valence-electron chi connectivity index (χ4n) is 2.26. The molecule has 4 nitrogen and oxygen atoms in total. The summed E-state index contributed by atoms with van der Waals surface area (Å²) in [4.78, 5) is 2.44. The van der Waals surface area contributed by atoms with Gasteiger partial charge in [0, 0.05) is 33.3 Å². The number of hydrogen-bond donors (Lipinski definition) is 1. The van der Waals surface area contributed by atoms with Gasteiger partial charge < -0.3 is 14.8 Å². The van der Waals surface area contributed by atoms with Gasteiger partial charge in [0.25, 0.3) is 0 Å². The van der Waals surface area contributed by atoms with Crippen LogP contribution in [0.15, 0.2) is 0 Å². The van der Waals surface area contributed by atoms with Crippen molar-refractivity contribution < 1.29 is 9.47 Å². The van der Waals surface area contributed by atoms with Crippen molar-refractivity contribution in [2.24, 2.45) is 0 Å². The molecule has 2 saturated heterocycles. The third-order valence-electron chi connectivity index (χ3n) is 3.25. The Bertz CT molecular complexity index is 175. The quantitative estimate of drug-likeness (QED) is 0.678. The summed E-state index contributed by atoms with van der Waals surface area (Å²) in [5.74, 6) is 0. The SMILES string of the molecule is COC1(CN2CCOCC2)CCNC1. The van der Waals surface area contributed by atoms with Crippen molar-refractivity contribution in [1.29, 1.82) is 0 Å². The molecule has 1 unspecified atom stereocenters. The summed E-state index contributed by atoms with van der Waals surface area (Å²) in [6.45, 7) is 6.94. The molecule has 0 amide bonds. The van der Waals surface area contributed by atoms with Crippen LogP contribution in [0.5, 0.6) is 0 Å². The summed E-state index contributed by atoms with van der Waals surface area (Å²) in [5, 5.41) is 3.37. The van der Waals surface area contributed by atoms with E-state index < -0.39 is 0 Å². The molecule has 0 aromatic rings. The first-order valence-corrected chi connectivity index (χ1v) is 5.41. The summed E-state index contributed by atoms with van der Waals surface area (Å²) in [6.07, 6.45) is 1.13. The Balaban J connectivity index is 1.86. The number of rotatable bonds is 3. The van der Waals surface area contributed by atoms with Crippen molar-refractivity contribution in [3.05, 3.63) is 0 Å². The highest BCUT2D eigenvalue weighted by molar-refractivity contribution is 4.92. The van der Waals surface area contributed by atoms with E-state index in [2.05, 4.69) is 10.2 Å². The summed E-state index contributed by atoms with van der Waals surface area (Å²) in [5.41, 5.74) is 0.0529. The van der Waals surface area contributed by atoms with Crippen molar-refractivity contribution in [2.75, 3.05) is 53.0 Å². The molecule has 0 aromatic heterocycles. The second-order valence-corrected chi connectivity index (χ2v) is 4.20. The summed E-state index contributed by atoms with van der Waals surface area (Å²) in [7, 11) is 1.83. The van der Waals surface area contributed by atoms with E-state index in [0.29, 0.717) is 0 Å². The lowest BCUT2D eigenvalue weighted by atomic mass is 10.0. The van der Waals surface area contributed by atoms with Gasteiger partial charge in [-0.15, -0.1) is 0 Å². The fraction of sp³-hybridized carbons (Fsp3) is 1.00. The number of methoxy groups -OCH3 is 1. The molecule has 2 aliphatic heterocycles. The molecule has 2 rings (SSSR count). The van der Waals surface area contributed by atoms with Crippen LogP contribution in [0.4, 0.5) is 0 Å². The highest BCUT2D eigenvalue weighted by Crippen LogP contribution is 2.20. The Morgan fingerprint density at radius 2 is 2.21 bits per heavy atom. The zero-order valence-corrected chi connectivity index (χ0v) is 8.92. The van der Waals surface area contributed by atoms with E-state index >= 15 is 0 Å². The highest BCUT2D eigenvalue weighted by Gasteiger charge is 2.35. The maximum Gasteiger partial charge on any atom is 0.0940 e. The molecule has 0 aromatic carbocycles. The molecule has 0 aliphatic carbocycles. The van der Waals surface area contributed by atoms with Crippen LogP contribution in [0.25, 0.3) is 0 Å². The van der Waals surface area contributed by atoms with Gasteiger partial charge >= 0.3 is 0 Å². The van der Waals surface area contributed by atoms with Crippen molar-refractivity contribution in [1.82, 2.24) is 10.2 Å². The number of hydrogen-bond acceptors (Lipinski definition) is 4. The van der Waals surface area contributed by atoms with E-state index in [1.165, 1.54) is 0 Å². The van der Waals surface area contributed by atoms with Gasteiger partial charge in [0.15, 0.2) is 0 Å². The zero-order chi connectivity index (χ0) is 9.86. The normalized spacial score (nSPS) is 34.9. The summed E-state index contributed by atoms with van der Waals surface area (Å²) in [6, 6.07) is 0. The molecule has 0 radical (unpaired) electrons. The average Bonchev–Trinajstić information content (AvgIpc) is 2.69. The third kappa shape index (κ3) is 2.25. The monoisotopic (exact) mass is 200 g/mol. The zero-order valence-electron chi connectivity index (χ0n) is 8.92. The highest BCUT2D eigenvalue weighted by atomic mass is 16.5. The number of nitrogens with zero attached hydrogens (tertiary/aromatic N) is 1. The van der Waals surface area contributed by atoms with Gasteiger partial charge in [0.2, 0.25) is 0 Å². The molecule has 0 spiro atoms. The first kappa shape index (κ1) is 10.4. The average molecular weight is 200 g/mol. The van der Waals surface area contributed by atoms with Gasteiger partial charge in [0.1, 0.15) is 0 Å². The Labute approximate surface area is 85.5 Å². The van der Waals surface area contributed by atoms with E-state index in [1.54, 1.807) is 0 Å². The van der Waals surface area contributed by atoms with Crippen LogP contribution in [0.1, 0.15) is 6.42 Å². The molecular weight excluding hydrogens is 180 g/mol. The second kappa shape index (κ2) is 4.57. The van der Waals surface area contributed by atoms with Crippen molar-refractivity contribution in [3.8, 4) is 0 Å². The minimum absolute atomic E-state index is 0.0529. The van der Waals surface area contributed by atoms with Crippen LogP contribution in [-0.2, 0) is 9.47 Å². The van der Waals surface area contributed by atoms with Crippen LogP contribution >= 0.6 is 0 Å². The Kier molecular flexibility index (Phi) is 3.38. The van der Waals surface area contributed by atoms with Crippen LogP contribution in [0, 0.1) is 0 Å². The van der Waals surface area contributed by atoms with Crippen molar-refractivity contribution >= 4 is 0 Å². The molecule has 2 fully saturated rings. The fourth-order valence-corrected chi connectivity index (χ4v) is 2.26.